The van der Waals surface area contributed by atoms with Gasteiger partial charge in [0.2, 0.25) is 0 Å². The minimum absolute atomic E-state index is 0.419. The largest absolute Gasteiger partial charge is 0.396 e. The molecule has 14 heavy (non-hydrogen) atoms. The molecule has 0 bridgehead atoms. The van der Waals surface area contributed by atoms with Crippen LogP contribution in [-0.2, 0) is 0 Å². The molecule has 4 atom stereocenters. The van der Waals surface area contributed by atoms with E-state index in [9.17, 15) is 5.11 Å². The minimum atomic E-state index is 0.419. The first-order valence-electron chi connectivity index (χ1n) is 6.08. The van der Waals surface area contributed by atoms with Gasteiger partial charge in [0, 0.05) is 6.61 Å². The van der Waals surface area contributed by atoms with E-state index in [-0.39, 0.29) is 0 Å². The summed E-state index contributed by atoms with van der Waals surface area (Å²) in [6.07, 6.45) is 4.49. The fourth-order valence-corrected chi connectivity index (χ4v) is 7.43. The number of aliphatic hydroxyl groups is 1. The highest BCUT2D eigenvalue weighted by Crippen LogP contribution is 3.11. The van der Waals surface area contributed by atoms with Gasteiger partial charge in [0.25, 0.3) is 0 Å². The summed E-state index contributed by atoms with van der Waals surface area (Å²) in [5.41, 5.74) is 1.33. The van der Waals surface area contributed by atoms with Crippen molar-refractivity contribution in [1.82, 2.24) is 0 Å². The zero-order valence-electron chi connectivity index (χ0n) is 8.32. The van der Waals surface area contributed by atoms with E-state index in [0.717, 1.165) is 41.9 Å². The van der Waals surface area contributed by atoms with Crippen LogP contribution in [-0.4, -0.2) is 11.7 Å². The lowest BCUT2D eigenvalue weighted by Gasteiger charge is -3.12. The van der Waals surface area contributed by atoms with Gasteiger partial charge in [0.05, 0.1) is 0 Å². The number of aliphatic hydroxyl groups excluding tert-OH is 1. The average Bonchev–Trinajstić information content (AvgIpc) is 2.20. The molecule has 0 aromatic heterocycles. The zero-order valence-corrected chi connectivity index (χ0v) is 8.32. The molecular formula is C13H16O. The molecule has 1 heteroatoms. The van der Waals surface area contributed by atoms with Gasteiger partial charge in [-0.3, -0.25) is 0 Å². The highest BCUT2D eigenvalue weighted by atomic mass is 16.3. The molecule has 0 spiro atoms. The molecule has 6 fully saturated rings. The highest BCUT2D eigenvalue weighted by Gasteiger charge is 3.08. The topological polar surface area (TPSA) is 20.2 Å². The number of rotatable bonds is 4. The molecule has 1 nitrogen and oxygen atoms in total. The van der Waals surface area contributed by atoms with Crippen LogP contribution < -0.4 is 0 Å². The van der Waals surface area contributed by atoms with Crippen LogP contribution in [0, 0.1) is 46.3 Å². The van der Waals surface area contributed by atoms with Crippen LogP contribution in [0.15, 0.2) is 12.7 Å². The van der Waals surface area contributed by atoms with Crippen LogP contribution in [0.1, 0.15) is 12.8 Å². The third-order valence-corrected chi connectivity index (χ3v) is 7.13. The van der Waals surface area contributed by atoms with Crippen molar-refractivity contribution in [3.05, 3.63) is 12.7 Å². The van der Waals surface area contributed by atoms with Crippen LogP contribution in [0.25, 0.3) is 0 Å². The van der Waals surface area contributed by atoms with Crippen molar-refractivity contribution < 1.29 is 5.11 Å². The van der Waals surface area contributed by atoms with Crippen molar-refractivity contribution in [2.24, 2.45) is 46.3 Å². The number of allylic oxidation sites excluding steroid dienone is 1. The highest BCUT2D eigenvalue weighted by molar-refractivity contribution is 5.55. The molecule has 6 aliphatic rings. The summed E-state index contributed by atoms with van der Waals surface area (Å²) in [4.78, 5) is 0. The van der Waals surface area contributed by atoms with E-state index in [1.807, 2.05) is 0 Å². The lowest BCUT2D eigenvalue weighted by molar-refractivity contribution is -0.662. The standard InChI is InChI=1S/C13H16O/c1-2-3-12-8-6-7-10(8)13(12,4-5-14)11(7)9(6)12/h2,6-11,14H,1,3-5H2. The average molecular weight is 188 g/mol. The van der Waals surface area contributed by atoms with E-state index < -0.39 is 0 Å². The smallest absolute Gasteiger partial charge is 0.0436 e. The first kappa shape index (κ1) is 7.05. The second-order valence-electron chi connectivity index (χ2n) is 6.30. The first-order chi connectivity index (χ1) is 6.86. The summed E-state index contributed by atoms with van der Waals surface area (Å²) in [6, 6.07) is 0. The summed E-state index contributed by atoms with van der Waals surface area (Å²) in [5.74, 6) is 6.61. The Balaban J connectivity index is 1.60. The molecule has 6 saturated carbocycles. The second-order valence-corrected chi connectivity index (χ2v) is 6.30. The fourth-order valence-electron chi connectivity index (χ4n) is 7.43. The van der Waals surface area contributed by atoms with Crippen molar-refractivity contribution in [2.45, 2.75) is 12.8 Å². The molecule has 0 aromatic carbocycles. The molecule has 6 rings (SSSR count). The molecule has 74 valence electrons. The van der Waals surface area contributed by atoms with Gasteiger partial charge < -0.3 is 5.11 Å². The van der Waals surface area contributed by atoms with Gasteiger partial charge in [-0.15, -0.1) is 6.58 Å². The van der Waals surface area contributed by atoms with Gasteiger partial charge in [0.15, 0.2) is 0 Å². The molecule has 0 amide bonds. The lowest BCUT2D eigenvalue weighted by Crippen LogP contribution is -3.09. The van der Waals surface area contributed by atoms with E-state index in [1.165, 1.54) is 6.42 Å². The van der Waals surface area contributed by atoms with Crippen molar-refractivity contribution in [2.75, 3.05) is 6.61 Å². The van der Waals surface area contributed by atoms with E-state index in [2.05, 4.69) is 12.7 Å². The Morgan fingerprint density at radius 1 is 1.07 bits per heavy atom. The third-order valence-electron chi connectivity index (χ3n) is 7.13. The monoisotopic (exact) mass is 188 g/mol. The van der Waals surface area contributed by atoms with Crippen molar-refractivity contribution in [3.8, 4) is 0 Å². The molecule has 0 radical (unpaired) electrons. The van der Waals surface area contributed by atoms with Crippen LogP contribution in [0.3, 0.4) is 0 Å². The van der Waals surface area contributed by atoms with Gasteiger partial charge in [-0.05, 0) is 59.2 Å². The molecule has 1 N–H and O–H groups in total. The lowest BCUT2D eigenvalue weighted by atomic mass is 8.91. The van der Waals surface area contributed by atoms with Crippen molar-refractivity contribution in [3.63, 3.8) is 0 Å². The van der Waals surface area contributed by atoms with E-state index in [0.29, 0.717) is 17.4 Å². The molecule has 0 aromatic rings. The Hall–Kier alpha value is -0.300. The maximum absolute atomic E-state index is 9.22. The Bertz CT molecular complexity index is 351. The van der Waals surface area contributed by atoms with Gasteiger partial charge in [0.1, 0.15) is 0 Å². The summed E-state index contributed by atoms with van der Waals surface area (Å²) in [6.45, 7) is 4.35. The number of hydrogen-bond acceptors (Lipinski definition) is 1. The van der Waals surface area contributed by atoms with Crippen LogP contribution in [0.2, 0.25) is 0 Å². The molecule has 0 saturated heterocycles. The van der Waals surface area contributed by atoms with Crippen molar-refractivity contribution in [1.29, 1.82) is 0 Å². The molecule has 0 aliphatic heterocycles. The quantitative estimate of drug-likeness (QED) is 0.666. The predicted octanol–water partition coefficient (Wildman–Crippen LogP) is 1.68. The van der Waals surface area contributed by atoms with Gasteiger partial charge in [-0.25, -0.2) is 0 Å². The van der Waals surface area contributed by atoms with Crippen LogP contribution >= 0.6 is 0 Å². The molecule has 4 unspecified atom stereocenters. The van der Waals surface area contributed by atoms with Crippen LogP contribution in [0.4, 0.5) is 0 Å². The molecule has 0 heterocycles. The Morgan fingerprint density at radius 3 is 2.14 bits per heavy atom. The minimum Gasteiger partial charge on any atom is -0.396 e. The summed E-state index contributed by atoms with van der Waals surface area (Å²) in [5, 5.41) is 9.22. The third kappa shape index (κ3) is 0.284. The van der Waals surface area contributed by atoms with Gasteiger partial charge >= 0.3 is 0 Å². The Kier molecular flexibility index (Phi) is 0.771. The van der Waals surface area contributed by atoms with Crippen LogP contribution in [0.5, 0.6) is 0 Å². The number of hydrogen-bond donors (Lipinski definition) is 1. The van der Waals surface area contributed by atoms with Crippen molar-refractivity contribution >= 4 is 0 Å². The van der Waals surface area contributed by atoms with E-state index in [1.54, 1.807) is 0 Å². The summed E-state index contributed by atoms with van der Waals surface area (Å²) < 4.78 is 0. The van der Waals surface area contributed by atoms with E-state index in [4.69, 9.17) is 0 Å². The predicted molar refractivity (Wildman–Crippen MR) is 52.3 cm³/mol. The van der Waals surface area contributed by atoms with E-state index >= 15 is 0 Å². The summed E-state index contributed by atoms with van der Waals surface area (Å²) >= 11 is 0. The first-order valence-corrected chi connectivity index (χ1v) is 6.08. The Labute approximate surface area is 84.2 Å². The zero-order chi connectivity index (χ0) is 9.29. The maximum atomic E-state index is 9.22. The second kappa shape index (κ2) is 1.53. The maximum Gasteiger partial charge on any atom is 0.0436 e. The normalized spacial score (nSPS) is 77.2. The van der Waals surface area contributed by atoms with Gasteiger partial charge in [-0.1, -0.05) is 6.08 Å². The van der Waals surface area contributed by atoms with Gasteiger partial charge in [-0.2, -0.15) is 0 Å². The summed E-state index contributed by atoms with van der Waals surface area (Å²) in [7, 11) is 0. The molecule has 6 aliphatic carbocycles. The molecular weight excluding hydrogens is 172 g/mol. The SMILES string of the molecule is C=CCC12C3C4C5C3C1(CCO)C5C42. The fraction of sp³-hybridized carbons (Fsp3) is 0.846. The Morgan fingerprint density at radius 2 is 1.64 bits per heavy atom.